The van der Waals surface area contributed by atoms with Gasteiger partial charge in [0.1, 0.15) is 5.02 Å². The molecule has 0 unspecified atom stereocenters. The highest BCUT2D eigenvalue weighted by molar-refractivity contribution is 6.45. The van der Waals surface area contributed by atoms with Crippen LogP contribution in [0, 0.1) is 10.1 Å². The molecule has 0 aliphatic carbocycles. The third-order valence-electron chi connectivity index (χ3n) is 2.97. The van der Waals surface area contributed by atoms with E-state index >= 15 is 0 Å². The Labute approximate surface area is 121 Å². The topological polar surface area (TPSA) is 86.5 Å². The van der Waals surface area contributed by atoms with Crippen LogP contribution >= 0.6 is 23.2 Å². The molecular formula is C12H3Cl2NO5. The molecule has 1 heterocycles. The minimum atomic E-state index is -1.08. The number of rotatable bonds is 1. The summed E-state index contributed by atoms with van der Waals surface area (Å²) in [6.45, 7) is 0. The molecule has 2 aromatic rings. The zero-order valence-corrected chi connectivity index (χ0v) is 11.0. The number of nitro groups is 1. The van der Waals surface area contributed by atoms with Crippen molar-refractivity contribution in [3.63, 3.8) is 0 Å². The Morgan fingerprint density at radius 2 is 1.75 bits per heavy atom. The van der Waals surface area contributed by atoms with Crippen LogP contribution in [0.4, 0.5) is 5.69 Å². The van der Waals surface area contributed by atoms with Crippen molar-refractivity contribution in [2.24, 2.45) is 0 Å². The highest BCUT2D eigenvalue weighted by Crippen LogP contribution is 2.44. The van der Waals surface area contributed by atoms with Crippen molar-refractivity contribution in [3.8, 4) is 0 Å². The SMILES string of the molecule is O=C1OC(=O)c2c1c([N+](=O)[O-])c(Cl)c1c(Cl)cccc21. The molecule has 1 aliphatic heterocycles. The van der Waals surface area contributed by atoms with Crippen molar-refractivity contribution in [3.05, 3.63) is 49.5 Å². The van der Waals surface area contributed by atoms with E-state index in [1.54, 1.807) is 6.07 Å². The van der Waals surface area contributed by atoms with Crippen LogP contribution in [0.3, 0.4) is 0 Å². The minimum Gasteiger partial charge on any atom is -0.385 e. The summed E-state index contributed by atoms with van der Waals surface area (Å²) in [6.07, 6.45) is 0. The largest absolute Gasteiger partial charge is 0.385 e. The fraction of sp³-hybridized carbons (Fsp3) is 0. The van der Waals surface area contributed by atoms with E-state index in [1.807, 2.05) is 0 Å². The smallest absolute Gasteiger partial charge is 0.354 e. The molecule has 0 aromatic heterocycles. The van der Waals surface area contributed by atoms with Gasteiger partial charge in [-0.05, 0) is 6.07 Å². The highest BCUT2D eigenvalue weighted by Gasteiger charge is 2.41. The molecule has 6 nitrogen and oxygen atoms in total. The Balaban J connectivity index is 2.64. The number of fused-ring (bicyclic) bond motifs is 3. The van der Waals surface area contributed by atoms with Crippen LogP contribution in [0.2, 0.25) is 10.0 Å². The van der Waals surface area contributed by atoms with Crippen molar-refractivity contribution >= 4 is 51.6 Å². The second kappa shape index (κ2) is 4.16. The fourth-order valence-corrected chi connectivity index (χ4v) is 2.89. The maximum absolute atomic E-state index is 11.7. The first-order valence-electron chi connectivity index (χ1n) is 5.28. The van der Waals surface area contributed by atoms with Gasteiger partial charge in [0.2, 0.25) is 0 Å². The number of benzene rings is 2. The number of nitrogens with zero attached hydrogens (tertiary/aromatic N) is 1. The number of hydrogen-bond acceptors (Lipinski definition) is 5. The highest BCUT2D eigenvalue weighted by atomic mass is 35.5. The molecule has 0 atom stereocenters. The predicted molar refractivity (Wildman–Crippen MR) is 70.4 cm³/mol. The first kappa shape index (κ1) is 12.8. The van der Waals surface area contributed by atoms with E-state index in [9.17, 15) is 19.7 Å². The monoisotopic (exact) mass is 311 g/mol. The number of cyclic esters (lactones) is 2. The lowest BCUT2D eigenvalue weighted by molar-refractivity contribution is -0.384. The van der Waals surface area contributed by atoms with Crippen molar-refractivity contribution in [2.45, 2.75) is 0 Å². The van der Waals surface area contributed by atoms with Crippen LogP contribution in [0.25, 0.3) is 10.8 Å². The molecule has 100 valence electrons. The molecule has 0 N–H and O–H groups in total. The molecule has 8 heteroatoms. The lowest BCUT2D eigenvalue weighted by Crippen LogP contribution is -2.02. The van der Waals surface area contributed by atoms with Crippen LogP contribution in [-0.2, 0) is 4.74 Å². The van der Waals surface area contributed by atoms with Crippen LogP contribution in [0.5, 0.6) is 0 Å². The van der Waals surface area contributed by atoms with E-state index in [-0.39, 0.29) is 26.4 Å². The summed E-state index contributed by atoms with van der Waals surface area (Å²) in [5.41, 5.74) is -1.28. The Hall–Kier alpha value is -2.18. The number of hydrogen-bond donors (Lipinski definition) is 0. The van der Waals surface area contributed by atoms with Crippen molar-refractivity contribution in [1.82, 2.24) is 0 Å². The zero-order valence-electron chi connectivity index (χ0n) is 9.48. The van der Waals surface area contributed by atoms with E-state index in [4.69, 9.17) is 23.2 Å². The van der Waals surface area contributed by atoms with Gasteiger partial charge in [0, 0.05) is 10.8 Å². The number of esters is 2. The van der Waals surface area contributed by atoms with E-state index < -0.39 is 28.1 Å². The molecule has 20 heavy (non-hydrogen) atoms. The molecule has 1 aliphatic rings. The van der Waals surface area contributed by atoms with E-state index in [1.165, 1.54) is 12.1 Å². The standard InChI is InChI=1S/C12H3Cl2NO5/c13-5-3-1-2-4-6(5)9(14)10(15(18)19)8-7(4)11(16)20-12(8)17/h1-3H. The second-order valence-electron chi connectivity index (χ2n) is 4.01. The Bertz CT molecular complexity index is 830. The second-order valence-corrected chi connectivity index (χ2v) is 4.79. The van der Waals surface area contributed by atoms with Crippen LogP contribution in [-0.4, -0.2) is 16.9 Å². The van der Waals surface area contributed by atoms with Gasteiger partial charge in [-0.15, -0.1) is 0 Å². The lowest BCUT2D eigenvalue weighted by Gasteiger charge is -2.07. The molecular weight excluding hydrogens is 309 g/mol. The maximum atomic E-state index is 11.7. The lowest BCUT2D eigenvalue weighted by atomic mass is 9.98. The molecule has 0 saturated heterocycles. The summed E-state index contributed by atoms with van der Waals surface area (Å²) in [7, 11) is 0. The van der Waals surface area contributed by atoms with Crippen molar-refractivity contribution in [2.75, 3.05) is 0 Å². The molecule has 0 radical (unpaired) electrons. The summed E-state index contributed by atoms with van der Waals surface area (Å²) < 4.78 is 4.44. The predicted octanol–water partition coefficient (Wildman–Crippen LogP) is 3.37. The number of halogens is 2. The Morgan fingerprint density at radius 1 is 1.10 bits per heavy atom. The van der Waals surface area contributed by atoms with Gasteiger partial charge in [-0.2, -0.15) is 0 Å². The average molecular weight is 312 g/mol. The van der Waals surface area contributed by atoms with Crippen molar-refractivity contribution in [1.29, 1.82) is 0 Å². The molecule has 0 saturated carbocycles. The molecule has 0 spiro atoms. The molecule has 0 fully saturated rings. The zero-order chi connectivity index (χ0) is 14.6. The van der Waals surface area contributed by atoms with Gasteiger partial charge >= 0.3 is 17.6 Å². The first-order chi connectivity index (χ1) is 9.43. The van der Waals surface area contributed by atoms with Crippen LogP contribution < -0.4 is 0 Å². The minimum absolute atomic E-state index is 0.144. The van der Waals surface area contributed by atoms with Gasteiger partial charge in [0.15, 0.2) is 5.56 Å². The average Bonchev–Trinajstić information content (AvgIpc) is 2.65. The van der Waals surface area contributed by atoms with Gasteiger partial charge < -0.3 is 4.74 Å². The molecule has 3 rings (SSSR count). The first-order valence-corrected chi connectivity index (χ1v) is 6.03. The summed E-state index contributed by atoms with van der Waals surface area (Å²) in [4.78, 5) is 33.7. The molecule has 0 bridgehead atoms. The summed E-state index contributed by atoms with van der Waals surface area (Å²) >= 11 is 12.0. The molecule has 0 amide bonds. The number of ether oxygens (including phenoxy) is 1. The number of carbonyl (C=O) groups is 2. The third kappa shape index (κ3) is 1.52. The van der Waals surface area contributed by atoms with Gasteiger partial charge in [0.05, 0.1) is 15.5 Å². The molecule has 2 aromatic carbocycles. The normalized spacial score (nSPS) is 13.5. The quantitative estimate of drug-likeness (QED) is 0.349. The summed E-state index contributed by atoms with van der Waals surface area (Å²) in [5.74, 6) is -2.03. The van der Waals surface area contributed by atoms with Crippen molar-refractivity contribution < 1.29 is 19.2 Å². The van der Waals surface area contributed by atoms with E-state index in [0.29, 0.717) is 0 Å². The van der Waals surface area contributed by atoms with E-state index in [0.717, 1.165) is 0 Å². The summed E-state index contributed by atoms with van der Waals surface area (Å²) in [6, 6.07) is 4.52. The van der Waals surface area contributed by atoms with Gasteiger partial charge in [-0.3, -0.25) is 10.1 Å². The van der Waals surface area contributed by atoms with E-state index in [2.05, 4.69) is 4.74 Å². The van der Waals surface area contributed by atoms with Crippen LogP contribution in [0.15, 0.2) is 18.2 Å². The van der Waals surface area contributed by atoms with Gasteiger partial charge in [-0.1, -0.05) is 35.3 Å². The fourth-order valence-electron chi connectivity index (χ4n) is 2.21. The number of carbonyl (C=O) groups excluding carboxylic acids is 2. The number of nitro benzene ring substituents is 1. The summed E-state index contributed by atoms with van der Waals surface area (Å²) in [5, 5.41) is 11.4. The Kier molecular flexibility index (Phi) is 2.67. The maximum Gasteiger partial charge on any atom is 0.354 e. The Morgan fingerprint density at radius 3 is 2.40 bits per heavy atom. The van der Waals surface area contributed by atoms with Crippen LogP contribution in [0.1, 0.15) is 20.7 Å². The van der Waals surface area contributed by atoms with Gasteiger partial charge in [-0.25, -0.2) is 9.59 Å². The third-order valence-corrected chi connectivity index (χ3v) is 3.66. The van der Waals surface area contributed by atoms with Gasteiger partial charge in [0.25, 0.3) is 0 Å².